The van der Waals surface area contributed by atoms with Gasteiger partial charge in [-0.15, -0.1) is 0 Å². The van der Waals surface area contributed by atoms with E-state index in [0.717, 1.165) is 18.5 Å². The van der Waals surface area contributed by atoms with Gasteiger partial charge in [-0.05, 0) is 37.5 Å². The lowest BCUT2D eigenvalue weighted by Gasteiger charge is -2.24. The molecular weight excluding hydrogens is 288 g/mol. The van der Waals surface area contributed by atoms with Crippen LogP contribution in [0.1, 0.15) is 36.5 Å². The van der Waals surface area contributed by atoms with Crippen LogP contribution in [0.5, 0.6) is 0 Å². The Balaban J connectivity index is 2.02. The molecule has 0 saturated carbocycles. The van der Waals surface area contributed by atoms with E-state index in [9.17, 15) is 13.2 Å². The van der Waals surface area contributed by atoms with Gasteiger partial charge in [0.15, 0.2) is 9.84 Å². The second-order valence-electron chi connectivity index (χ2n) is 5.43. The highest BCUT2D eigenvalue weighted by molar-refractivity contribution is 7.91. The monoisotopic (exact) mass is 310 g/mol. The maximum Gasteiger partial charge on any atom is 0.251 e. The van der Waals surface area contributed by atoms with E-state index in [1.165, 1.54) is 0 Å². The van der Waals surface area contributed by atoms with E-state index in [1.807, 2.05) is 13.0 Å². The molecule has 1 aromatic rings. The number of hydrogen-bond acceptors (Lipinski definition) is 4. The van der Waals surface area contributed by atoms with E-state index in [1.54, 1.807) is 18.2 Å². The van der Waals surface area contributed by atoms with Crippen molar-refractivity contribution in [2.75, 3.05) is 23.4 Å². The van der Waals surface area contributed by atoms with Gasteiger partial charge >= 0.3 is 0 Å². The third-order valence-corrected chi connectivity index (χ3v) is 5.32. The second kappa shape index (κ2) is 6.93. The summed E-state index contributed by atoms with van der Waals surface area (Å²) in [5.41, 5.74) is 1.38. The van der Waals surface area contributed by atoms with Crippen molar-refractivity contribution in [2.45, 2.75) is 32.2 Å². The van der Waals surface area contributed by atoms with Gasteiger partial charge in [0.2, 0.25) is 0 Å². The van der Waals surface area contributed by atoms with Crippen LogP contribution in [0.3, 0.4) is 0 Å². The standard InChI is InChI=1S/C15H22N2O3S/c1-2-8-16-15(18)12-5-3-6-13(10-12)17-14-7-4-9-21(19,20)11-14/h3,5-6,10,14,17H,2,4,7-9,11H2,1H3,(H,16,18). The molecular formula is C15H22N2O3S. The number of carbonyl (C=O) groups excluding carboxylic acids is 1. The van der Waals surface area contributed by atoms with Crippen molar-refractivity contribution in [3.8, 4) is 0 Å². The molecule has 6 heteroatoms. The fraction of sp³-hybridized carbons (Fsp3) is 0.533. The molecule has 0 spiro atoms. The largest absolute Gasteiger partial charge is 0.381 e. The molecule has 21 heavy (non-hydrogen) atoms. The minimum Gasteiger partial charge on any atom is -0.381 e. The summed E-state index contributed by atoms with van der Waals surface area (Å²) in [4.78, 5) is 11.9. The van der Waals surface area contributed by atoms with Gasteiger partial charge in [-0.25, -0.2) is 8.42 Å². The number of carbonyl (C=O) groups is 1. The van der Waals surface area contributed by atoms with E-state index in [2.05, 4.69) is 10.6 Å². The third-order valence-electron chi connectivity index (χ3n) is 3.49. The molecule has 5 nitrogen and oxygen atoms in total. The van der Waals surface area contributed by atoms with Gasteiger partial charge in [-0.3, -0.25) is 4.79 Å². The van der Waals surface area contributed by atoms with Crippen molar-refractivity contribution in [1.82, 2.24) is 5.32 Å². The summed E-state index contributed by atoms with van der Waals surface area (Å²) in [5, 5.41) is 6.06. The number of nitrogens with one attached hydrogen (secondary N) is 2. The molecule has 1 saturated heterocycles. The highest BCUT2D eigenvalue weighted by atomic mass is 32.2. The van der Waals surface area contributed by atoms with Crippen LogP contribution in [0.2, 0.25) is 0 Å². The van der Waals surface area contributed by atoms with Gasteiger partial charge in [0.25, 0.3) is 5.91 Å². The molecule has 0 bridgehead atoms. The van der Waals surface area contributed by atoms with Crippen LogP contribution in [0.15, 0.2) is 24.3 Å². The Bertz CT molecular complexity index is 599. The molecule has 116 valence electrons. The quantitative estimate of drug-likeness (QED) is 0.870. The summed E-state index contributed by atoms with van der Waals surface area (Å²) in [6.07, 6.45) is 2.42. The average Bonchev–Trinajstić information content (AvgIpc) is 2.44. The molecule has 1 unspecified atom stereocenters. The van der Waals surface area contributed by atoms with Crippen molar-refractivity contribution in [3.05, 3.63) is 29.8 Å². The van der Waals surface area contributed by atoms with E-state index in [4.69, 9.17) is 0 Å². The minimum atomic E-state index is -2.93. The number of hydrogen-bond donors (Lipinski definition) is 2. The molecule has 2 rings (SSSR count). The minimum absolute atomic E-state index is 0.0716. The maximum atomic E-state index is 11.9. The fourth-order valence-corrected chi connectivity index (χ4v) is 4.10. The van der Waals surface area contributed by atoms with Gasteiger partial charge in [0.05, 0.1) is 11.5 Å². The SMILES string of the molecule is CCCNC(=O)c1cccc(NC2CCCS(=O)(=O)C2)c1. The molecule has 1 aromatic carbocycles. The van der Waals surface area contributed by atoms with Gasteiger partial charge in [0.1, 0.15) is 0 Å². The first kappa shape index (κ1) is 15.8. The lowest BCUT2D eigenvalue weighted by Crippen LogP contribution is -2.34. The van der Waals surface area contributed by atoms with Crippen LogP contribution >= 0.6 is 0 Å². The first-order valence-corrected chi connectivity index (χ1v) is 9.17. The molecule has 1 aliphatic rings. The number of sulfone groups is 1. The summed E-state index contributed by atoms with van der Waals surface area (Å²) in [6, 6.07) is 7.12. The summed E-state index contributed by atoms with van der Waals surface area (Å²) < 4.78 is 23.3. The number of benzene rings is 1. The predicted octanol–water partition coefficient (Wildman–Crippen LogP) is 1.82. The van der Waals surface area contributed by atoms with Crippen molar-refractivity contribution in [1.29, 1.82) is 0 Å². The average molecular weight is 310 g/mol. The van der Waals surface area contributed by atoms with Crippen LogP contribution in [0.4, 0.5) is 5.69 Å². The Hall–Kier alpha value is -1.56. The van der Waals surface area contributed by atoms with Crippen molar-refractivity contribution >= 4 is 21.4 Å². The highest BCUT2D eigenvalue weighted by Gasteiger charge is 2.24. The summed E-state index contributed by atoms with van der Waals surface area (Å²) in [7, 11) is -2.93. The van der Waals surface area contributed by atoms with Crippen LogP contribution < -0.4 is 10.6 Å². The van der Waals surface area contributed by atoms with E-state index < -0.39 is 9.84 Å². The zero-order valence-corrected chi connectivity index (χ0v) is 13.1. The molecule has 0 aromatic heterocycles. The summed E-state index contributed by atoms with van der Waals surface area (Å²) >= 11 is 0. The first-order chi connectivity index (χ1) is 10.00. The van der Waals surface area contributed by atoms with Crippen LogP contribution in [-0.4, -0.2) is 38.4 Å². The number of anilines is 1. The Morgan fingerprint density at radius 3 is 2.90 bits per heavy atom. The molecule has 1 heterocycles. The van der Waals surface area contributed by atoms with E-state index in [0.29, 0.717) is 18.5 Å². The number of rotatable bonds is 5. The molecule has 1 atom stereocenters. The molecule has 0 radical (unpaired) electrons. The maximum absolute atomic E-state index is 11.9. The number of amides is 1. The summed E-state index contributed by atoms with van der Waals surface area (Å²) in [6.45, 7) is 2.65. The molecule has 1 fully saturated rings. The van der Waals surface area contributed by atoms with Gasteiger partial charge < -0.3 is 10.6 Å². The third kappa shape index (κ3) is 4.74. The van der Waals surface area contributed by atoms with Crippen molar-refractivity contribution in [2.24, 2.45) is 0 Å². The van der Waals surface area contributed by atoms with Crippen LogP contribution in [0, 0.1) is 0 Å². The van der Waals surface area contributed by atoms with E-state index in [-0.39, 0.29) is 23.5 Å². The van der Waals surface area contributed by atoms with Crippen molar-refractivity contribution < 1.29 is 13.2 Å². The van der Waals surface area contributed by atoms with Crippen LogP contribution in [0.25, 0.3) is 0 Å². The molecule has 1 aliphatic heterocycles. The van der Waals surface area contributed by atoms with Crippen molar-refractivity contribution in [3.63, 3.8) is 0 Å². The first-order valence-electron chi connectivity index (χ1n) is 7.35. The Kier molecular flexibility index (Phi) is 5.22. The molecule has 0 aliphatic carbocycles. The normalized spacial score (nSPS) is 20.7. The predicted molar refractivity (Wildman–Crippen MR) is 84.4 cm³/mol. The highest BCUT2D eigenvalue weighted by Crippen LogP contribution is 2.18. The zero-order chi connectivity index (χ0) is 15.3. The Labute approximate surface area is 126 Å². The molecule has 1 amide bonds. The van der Waals surface area contributed by atoms with E-state index >= 15 is 0 Å². The molecule has 2 N–H and O–H groups in total. The fourth-order valence-electron chi connectivity index (χ4n) is 2.46. The van der Waals surface area contributed by atoms with Gasteiger partial charge in [-0.2, -0.15) is 0 Å². The zero-order valence-electron chi connectivity index (χ0n) is 12.3. The smallest absolute Gasteiger partial charge is 0.251 e. The summed E-state index contributed by atoms with van der Waals surface area (Å²) in [5.74, 6) is 0.348. The van der Waals surface area contributed by atoms with Gasteiger partial charge in [-0.1, -0.05) is 13.0 Å². The van der Waals surface area contributed by atoms with Crippen LogP contribution in [-0.2, 0) is 9.84 Å². The lowest BCUT2D eigenvalue weighted by molar-refractivity contribution is 0.0953. The Morgan fingerprint density at radius 1 is 1.38 bits per heavy atom. The topological polar surface area (TPSA) is 75.3 Å². The second-order valence-corrected chi connectivity index (χ2v) is 7.66. The Morgan fingerprint density at radius 2 is 2.19 bits per heavy atom. The lowest BCUT2D eigenvalue weighted by atomic mass is 10.1. The van der Waals surface area contributed by atoms with Gasteiger partial charge in [0, 0.05) is 23.8 Å².